The van der Waals surface area contributed by atoms with Crippen molar-refractivity contribution in [3.8, 4) is 0 Å². The number of carbonyl (C=O) groups excluding carboxylic acids is 1. The van der Waals surface area contributed by atoms with Crippen LogP contribution in [0.3, 0.4) is 0 Å². The highest BCUT2D eigenvalue weighted by molar-refractivity contribution is 5.83. The van der Waals surface area contributed by atoms with Gasteiger partial charge in [0.05, 0.1) is 0 Å². The highest BCUT2D eigenvalue weighted by Gasteiger charge is 2.28. The van der Waals surface area contributed by atoms with Crippen LogP contribution >= 0.6 is 0 Å². The van der Waals surface area contributed by atoms with Crippen LogP contribution in [-0.4, -0.2) is 5.78 Å². The van der Waals surface area contributed by atoms with E-state index in [0.29, 0.717) is 12.2 Å². The van der Waals surface area contributed by atoms with Gasteiger partial charge in [-0.25, -0.2) is 4.39 Å². The molecular formula is C16H21FO. The van der Waals surface area contributed by atoms with Crippen LogP contribution in [0.5, 0.6) is 0 Å². The Morgan fingerprint density at radius 3 is 2.78 bits per heavy atom. The Bertz CT molecular complexity index is 439. The number of benzene rings is 1. The van der Waals surface area contributed by atoms with Crippen LogP contribution in [0.15, 0.2) is 18.2 Å². The maximum Gasteiger partial charge on any atom is 0.140 e. The monoisotopic (exact) mass is 248 g/mol. The third-order valence-electron chi connectivity index (χ3n) is 4.24. The minimum atomic E-state index is -0.226. The molecule has 0 bridgehead atoms. The van der Waals surface area contributed by atoms with Crippen molar-refractivity contribution in [3.05, 3.63) is 35.1 Å². The summed E-state index contributed by atoms with van der Waals surface area (Å²) in [6.07, 6.45) is 4.93. The lowest BCUT2D eigenvalue weighted by atomic mass is 9.93. The van der Waals surface area contributed by atoms with Crippen molar-refractivity contribution < 1.29 is 9.18 Å². The van der Waals surface area contributed by atoms with E-state index in [0.717, 1.165) is 29.9 Å². The molecule has 2 heteroatoms. The third kappa shape index (κ3) is 2.98. The number of carbonyl (C=O) groups is 1. The smallest absolute Gasteiger partial charge is 0.140 e. The molecule has 2 unspecified atom stereocenters. The van der Waals surface area contributed by atoms with Crippen LogP contribution in [0.4, 0.5) is 4.39 Å². The van der Waals surface area contributed by atoms with E-state index < -0.39 is 0 Å². The fraction of sp³-hybridized carbons (Fsp3) is 0.562. The van der Waals surface area contributed by atoms with Gasteiger partial charge in [0.2, 0.25) is 0 Å². The SMILES string of the molecule is CCC1CCC(C(=O)Cc2ccc(F)cc2C)C1. The van der Waals surface area contributed by atoms with Gasteiger partial charge < -0.3 is 0 Å². The summed E-state index contributed by atoms with van der Waals surface area (Å²) in [5.74, 6) is 1.07. The summed E-state index contributed by atoms with van der Waals surface area (Å²) >= 11 is 0. The molecule has 1 aliphatic rings. The second-order valence-corrected chi connectivity index (χ2v) is 5.50. The molecule has 0 N–H and O–H groups in total. The van der Waals surface area contributed by atoms with Crippen LogP contribution in [0.2, 0.25) is 0 Å². The molecule has 18 heavy (non-hydrogen) atoms. The fourth-order valence-corrected chi connectivity index (χ4v) is 2.93. The van der Waals surface area contributed by atoms with Gasteiger partial charge >= 0.3 is 0 Å². The van der Waals surface area contributed by atoms with Crippen molar-refractivity contribution >= 4 is 5.78 Å². The molecule has 1 aromatic rings. The molecule has 1 saturated carbocycles. The molecule has 2 atom stereocenters. The first-order valence-electron chi connectivity index (χ1n) is 6.88. The van der Waals surface area contributed by atoms with E-state index in [1.54, 1.807) is 6.07 Å². The minimum absolute atomic E-state index is 0.226. The van der Waals surface area contributed by atoms with Gasteiger partial charge in [0, 0.05) is 12.3 Å². The summed E-state index contributed by atoms with van der Waals surface area (Å²) in [5, 5.41) is 0. The Morgan fingerprint density at radius 1 is 1.39 bits per heavy atom. The van der Waals surface area contributed by atoms with Crippen molar-refractivity contribution in [2.24, 2.45) is 11.8 Å². The molecule has 0 aliphatic heterocycles. The van der Waals surface area contributed by atoms with E-state index in [4.69, 9.17) is 0 Å². The topological polar surface area (TPSA) is 17.1 Å². The Labute approximate surface area is 108 Å². The van der Waals surface area contributed by atoms with E-state index in [9.17, 15) is 9.18 Å². The summed E-state index contributed by atoms with van der Waals surface area (Å²) in [6.45, 7) is 4.07. The molecule has 1 aromatic carbocycles. The number of rotatable bonds is 4. The van der Waals surface area contributed by atoms with Crippen molar-refractivity contribution in [2.45, 2.75) is 46.0 Å². The van der Waals surface area contributed by atoms with Crippen LogP contribution < -0.4 is 0 Å². The second-order valence-electron chi connectivity index (χ2n) is 5.50. The average molecular weight is 248 g/mol. The summed E-state index contributed by atoms with van der Waals surface area (Å²) < 4.78 is 13.0. The van der Waals surface area contributed by atoms with Crippen molar-refractivity contribution in [1.82, 2.24) is 0 Å². The van der Waals surface area contributed by atoms with Gasteiger partial charge in [0.1, 0.15) is 11.6 Å². The van der Waals surface area contributed by atoms with Crippen LogP contribution in [0, 0.1) is 24.6 Å². The molecule has 1 fully saturated rings. The molecular weight excluding hydrogens is 227 g/mol. The maximum atomic E-state index is 13.0. The molecule has 0 saturated heterocycles. The highest BCUT2D eigenvalue weighted by Crippen LogP contribution is 2.34. The number of aryl methyl sites for hydroxylation is 1. The largest absolute Gasteiger partial charge is 0.299 e. The Morgan fingerprint density at radius 2 is 2.17 bits per heavy atom. The fourth-order valence-electron chi connectivity index (χ4n) is 2.93. The minimum Gasteiger partial charge on any atom is -0.299 e. The van der Waals surface area contributed by atoms with Crippen LogP contribution in [-0.2, 0) is 11.2 Å². The number of hydrogen-bond donors (Lipinski definition) is 0. The molecule has 0 amide bonds. The highest BCUT2D eigenvalue weighted by atomic mass is 19.1. The zero-order valence-corrected chi connectivity index (χ0v) is 11.2. The maximum absolute atomic E-state index is 13.0. The standard InChI is InChI=1S/C16H21FO/c1-3-12-4-5-14(9-12)16(18)10-13-6-7-15(17)8-11(13)2/h6-8,12,14H,3-5,9-10H2,1-2H3. The van der Waals surface area contributed by atoms with E-state index in [-0.39, 0.29) is 11.7 Å². The average Bonchev–Trinajstić information content (AvgIpc) is 2.81. The zero-order chi connectivity index (χ0) is 13.1. The summed E-state index contributed by atoms with van der Waals surface area (Å²) in [6, 6.07) is 4.69. The predicted molar refractivity (Wildman–Crippen MR) is 71.0 cm³/mol. The van der Waals surface area contributed by atoms with E-state index >= 15 is 0 Å². The van der Waals surface area contributed by atoms with Gasteiger partial charge in [-0.3, -0.25) is 4.79 Å². The first-order valence-corrected chi connectivity index (χ1v) is 6.88. The van der Waals surface area contributed by atoms with Gasteiger partial charge in [0.15, 0.2) is 0 Å². The van der Waals surface area contributed by atoms with Gasteiger partial charge in [-0.05, 0) is 55.4 Å². The first kappa shape index (κ1) is 13.3. The summed E-state index contributed by atoms with van der Waals surface area (Å²) in [5.41, 5.74) is 1.86. The van der Waals surface area contributed by atoms with E-state index in [2.05, 4.69) is 6.92 Å². The van der Waals surface area contributed by atoms with Gasteiger partial charge in [-0.2, -0.15) is 0 Å². The van der Waals surface area contributed by atoms with E-state index in [1.807, 2.05) is 6.92 Å². The number of Topliss-reactive ketones (excluding diaryl/α,β-unsaturated/α-hetero) is 1. The number of halogens is 1. The lowest BCUT2D eigenvalue weighted by Crippen LogP contribution is -2.14. The molecule has 1 aliphatic carbocycles. The van der Waals surface area contributed by atoms with E-state index in [1.165, 1.54) is 25.0 Å². The molecule has 2 rings (SSSR count). The van der Waals surface area contributed by atoms with Crippen LogP contribution in [0.1, 0.15) is 43.7 Å². The molecule has 0 radical (unpaired) electrons. The predicted octanol–water partition coefficient (Wildman–Crippen LogP) is 4.07. The molecule has 98 valence electrons. The molecule has 0 spiro atoms. The third-order valence-corrected chi connectivity index (χ3v) is 4.24. The molecule has 0 heterocycles. The van der Waals surface area contributed by atoms with Gasteiger partial charge in [0.25, 0.3) is 0 Å². The Balaban J connectivity index is 1.99. The quantitative estimate of drug-likeness (QED) is 0.785. The zero-order valence-electron chi connectivity index (χ0n) is 11.2. The van der Waals surface area contributed by atoms with Gasteiger partial charge in [-0.1, -0.05) is 19.4 Å². The Kier molecular flexibility index (Phi) is 4.15. The van der Waals surface area contributed by atoms with Gasteiger partial charge in [-0.15, -0.1) is 0 Å². The number of ketones is 1. The van der Waals surface area contributed by atoms with Crippen molar-refractivity contribution in [2.75, 3.05) is 0 Å². The molecule has 1 nitrogen and oxygen atoms in total. The van der Waals surface area contributed by atoms with Crippen molar-refractivity contribution in [1.29, 1.82) is 0 Å². The first-order chi connectivity index (χ1) is 8.60. The lowest BCUT2D eigenvalue weighted by molar-refractivity contribution is -0.122. The van der Waals surface area contributed by atoms with Crippen LogP contribution in [0.25, 0.3) is 0 Å². The summed E-state index contributed by atoms with van der Waals surface area (Å²) in [7, 11) is 0. The van der Waals surface area contributed by atoms with Crippen molar-refractivity contribution in [3.63, 3.8) is 0 Å². The summed E-state index contributed by atoms with van der Waals surface area (Å²) in [4.78, 5) is 12.2. The molecule has 0 aromatic heterocycles. The second kappa shape index (κ2) is 5.64. The normalized spacial score (nSPS) is 23.3. The number of hydrogen-bond acceptors (Lipinski definition) is 1. The Hall–Kier alpha value is -1.18. The lowest BCUT2D eigenvalue weighted by Gasteiger charge is -2.11.